The van der Waals surface area contributed by atoms with Gasteiger partial charge in [0.25, 0.3) is 0 Å². The molecule has 0 bridgehead atoms. The molecule has 2 N–H and O–H groups in total. The number of piperazine rings is 1. The summed E-state index contributed by atoms with van der Waals surface area (Å²) >= 11 is 3.53. The number of hydrogen-bond donors (Lipinski definition) is 1. The van der Waals surface area contributed by atoms with Gasteiger partial charge in [-0.25, -0.2) is 4.98 Å². The molecule has 4 heterocycles. The molecule has 160 valence electrons. The van der Waals surface area contributed by atoms with E-state index in [1.165, 1.54) is 17.7 Å². The first-order chi connectivity index (χ1) is 13.7. The normalized spacial score (nSPS) is 20.5. The molecule has 6 nitrogen and oxygen atoms in total. The van der Waals surface area contributed by atoms with Gasteiger partial charge in [-0.05, 0) is 43.3 Å². The Kier molecular flexibility index (Phi) is 8.57. The molecule has 2 aromatic rings. The van der Waals surface area contributed by atoms with Gasteiger partial charge in [0.15, 0.2) is 11.1 Å². The van der Waals surface area contributed by atoms with Crippen molar-refractivity contribution in [1.29, 1.82) is 0 Å². The maximum Gasteiger partial charge on any atom is 0.191 e. The van der Waals surface area contributed by atoms with Crippen molar-refractivity contribution in [2.45, 2.75) is 25.8 Å². The second-order valence-electron chi connectivity index (χ2n) is 7.74. The van der Waals surface area contributed by atoms with Crippen LogP contribution in [0.4, 0.5) is 5.13 Å². The van der Waals surface area contributed by atoms with Crippen molar-refractivity contribution in [1.82, 2.24) is 14.8 Å². The summed E-state index contributed by atoms with van der Waals surface area (Å²) in [6.45, 7) is 9.12. The van der Waals surface area contributed by atoms with Gasteiger partial charge in [-0.15, -0.1) is 46.7 Å². The minimum absolute atomic E-state index is 0. The Hall–Kier alpha value is -0.910. The van der Waals surface area contributed by atoms with E-state index in [1.807, 2.05) is 22.9 Å². The molecule has 0 aromatic carbocycles. The lowest BCUT2D eigenvalue weighted by Gasteiger charge is -2.37. The van der Waals surface area contributed by atoms with E-state index in [4.69, 9.17) is 10.7 Å². The van der Waals surface area contributed by atoms with Gasteiger partial charge in [-0.1, -0.05) is 13.0 Å². The summed E-state index contributed by atoms with van der Waals surface area (Å²) in [7, 11) is 0. The smallest absolute Gasteiger partial charge is 0.191 e. The SMILES string of the molecule is CC1CCN(C(CN=C(N)N2CCN(c3nccs3)CC2)c2cccs2)CC1.I. The molecule has 0 amide bonds. The monoisotopic (exact) mass is 546 g/mol. The van der Waals surface area contributed by atoms with Gasteiger partial charge in [0.05, 0.1) is 12.6 Å². The molecular weight excluding hydrogens is 515 g/mol. The number of anilines is 1. The largest absolute Gasteiger partial charge is 0.370 e. The maximum absolute atomic E-state index is 6.40. The molecule has 1 atom stereocenters. The van der Waals surface area contributed by atoms with Gasteiger partial charge in [0.2, 0.25) is 0 Å². The van der Waals surface area contributed by atoms with Crippen LogP contribution in [0.2, 0.25) is 0 Å². The zero-order valence-electron chi connectivity index (χ0n) is 16.9. The second kappa shape index (κ2) is 10.9. The van der Waals surface area contributed by atoms with Gasteiger partial charge in [0, 0.05) is 42.6 Å². The van der Waals surface area contributed by atoms with Crippen LogP contribution in [0.5, 0.6) is 0 Å². The molecule has 2 fully saturated rings. The minimum atomic E-state index is 0. The molecule has 2 aliphatic rings. The van der Waals surface area contributed by atoms with Crippen LogP contribution in [0.1, 0.15) is 30.7 Å². The first-order valence-corrected chi connectivity index (χ1v) is 11.9. The van der Waals surface area contributed by atoms with Crippen LogP contribution in [0.15, 0.2) is 34.1 Å². The minimum Gasteiger partial charge on any atom is -0.370 e. The standard InChI is InChI=1S/C20H30N6S2.HI/c1-16-4-7-24(8-5-16)17(18-3-2-13-27-18)15-23-19(21)25-9-11-26(12-10-25)20-22-6-14-28-20;/h2-3,6,13-14,16-17H,4-5,7-12,15H2,1H3,(H2,21,23);1H. The van der Waals surface area contributed by atoms with Crippen molar-refractivity contribution >= 4 is 57.7 Å². The second-order valence-corrected chi connectivity index (χ2v) is 9.59. The molecule has 1 unspecified atom stereocenters. The molecule has 0 aliphatic carbocycles. The number of nitrogens with zero attached hydrogens (tertiary/aromatic N) is 5. The number of guanidine groups is 1. The van der Waals surface area contributed by atoms with Crippen molar-refractivity contribution in [3.05, 3.63) is 34.0 Å². The first kappa shape index (κ1) is 22.8. The van der Waals surface area contributed by atoms with E-state index in [1.54, 1.807) is 11.3 Å². The fraction of sp³-hybridized carbons (Fsp3) is 0.600. The molecule has 29 heavy (non-hydrogen) atoms. The topological polar surface area (TPSA) is 61.0 Å². The number of thiazole rings is 1. The third-order valence-electron chi connectivity index (χ3n) is 5.85. The highest BCUT2D eigenvalue weighted by molar-refractivity contribution is 14.0. The van der Waals surface area contributed by atoms with Crippen molar-refractivity contribution in [3.8, 4) is 0 Å². The van der Waals surface area contributed by atoms with Crippen LogP contribution in [0.25, 0.3) is 0 Å². The summed E-state index contributed by atoms with van der Waals surface area (Å²) in [6.07, 6.45) is 4.42. The lowest BCUT2D eigenvalue weighted by Crippen LogP contribution is -2.51. The van der Waals surface area contributed by atoms with Gasteiger partial charge in [0.1, 0.15) is 0 Å². The lowest BCUT2D eigenvalue weighted by molar-refractivity contribution is 0.143. The van der Waals surface area contributed by atoms with Crippen LogP contribution < -0.4 is 10.6 Å². The Labute approximate surface area is 198 Å². The molecule has 2 aliphatic heterocycles. The molecule has 0 spiro atoms. The number of thiophene rings is 1. The van der Waals surface area contributed by atoms with Crippen LogP contribution in [0, 0.1) is 5.92 Å². The number of halogens is 1. The predicted octanol–water partition coefficient (Wildman–Crippen LogP) is 3.73. The van der Waals surface area contributed by atoms with Crippen molar-refractivity contribution in [2.75, 3.05) is 50.7 Å². The third kappa shape index (κ3) is 5.83. The Morgan fingerprint density at radius 2 is 1.93 bits per heavy atom. The fourth-order valence-corrected chi connectivity index (χ4v) is 5.53. The van der Waals surface area contributed by atoms with Crippen molar-refractivity contribution in [3.63, 3.8) is 0 Å². The Morgan fingerprint density at radius 3 is 2.55 bits per heavy atom. The number of aliphatic imine (C=N–C) groups is 1. The maximum atomic E-state index is 6.40. The van der Waals surface area contributed by atoms with Gasteiger partial charge < -0.3 is 15.5 Å². The summed E-state index contributed by atoms with van der Waals surface area (Å²) in [4.78, 5) is 17.8. The van der Waals surface area contributed by atoms with Gasteiger partial charge in [-0.3, -0.25) is 9.89 Å². The quantitative estimate of drug-likeness (QED) is 0.352. The van der Waals surface area contributed by atoms with E-state index >= 15 is 0 Å². The average Bonchev–Trinajstić information content (AvgIpc) is 3.44. The highest BCUT2D eigenvalue weighted by atomic mass is 127. The first-order valence-electron chi connectivity index (χ1n) is 10.2. The number of likely N-dealkylation sites (tertiary alicyclic amines) is 1. The van der Waals surface area contributed by atoms with Gasteiger partial charge in [-0.2, -0.15) is 0 Å². The van der Waals surface area contributed by atoms with E-state index < -0.39 is 0 Å². The number of aromatic nitrogens is 1. The van der Waals surface area contributed by atoms with Crippen molar-refractivity contribution < 1.29 is 0 Å². The lowest BCUT2D eigenvalue weighted by atomic mass is 9.97. The van der Waals surface area contributed by atoms with Crippen LogP contribution in [-0.2, 0) is 0 Å². The number of hydrogen-bond acceptors (Lipinski definition) is 6. The molecule has 0 saturated carbocycles. The van der Waals surface area contributed by atoms with E-state index in [0.29, 0.717) is 12.0 Å². The summed E-state index contributed by atoms with van der Waals surface area (Å²) in [5, 5.41) is 5.30. The Morgan fingerprint density at radius 1 is 1.17 bits per heavy atom. The predicted molar refractivity (Wildman–Crippen MR) is 135 cm³/mol. The fourth-order valence-electron chi connectivity index (χ4n) is 3.99. The zero-order valence-corrected chi connectivity index (χ0v) is 20.9. The summed E-state index contributed by atoms with van der Waals surface area (Å²) < 4.78 is 0. The highest BCUT2D eigenvalue weighted by Crippen LogP contribution is 2.30. The van der Waals surface area contributed by atoms with E-state index in [2.05, 4.69) is 44.1 Å². The number of piperidine rings is 1. The summed E-state index contributed by atoms with van der Waals surface area (Å²) in [5.74, 6) is 1.52. The number of rotatable bonds is 5. The van der Waals surface area contributed by atoms with Gasteiger partial charge >= 0.3 is 0 Å². The molecule has 9 heteroatoms. The van der Waals surface area contributed by atoms with E-state index in [9.17, 15) is 0 Å². The molecule has 2 saturated heterocycles. The summed E-state index contributed by atoms with van der Waals surface area (Å²) in [5.41, 5.74) is 6.40. The Balaban J connectivity index is 0.00000240. The molecular formula is C20H31IN6S2. The van der Waals surface area contributed by atoms with Crippen molar-refractivity contribution in [2.24, 2.45) is 16.6 Å². The molecule has 4 rings (SSSR count). The third-order valence-corrected chi connectivity index (χ3v) is 7.66. The summed E-state index contributed by atoms with van der Waals surface area (Å²) in [6, 6.07) is 4.73. The highest BCUT2D eigenvalue weighted by Gasteiger charge is 2.26. The van der Waals surface area contributed by atoms with E-state index in [-0.39, 0.29) is 24.0 Å². The van der Waals surface area contributed by atoms with Crippen LogP contribution in [0.3, 0.4) is 0 Å². The average molecular weight is 547 g/mol. The zero-order chi connectivity index (χ0) is 19.3. The molecule has 2 aromatic heterocycles. The van der Waals surface area contributed by atoms with Crippen LogP contribution in [-0.4, -0.2) is 66.6 Å². The van der Waals surface area contributed by atoms with Crippen LogP contribution >= 0.6 is 46.7 Å². The number of nitrogens with two attached hydrogens (primary N) is 1. The Bertz CT molecular complexity index is 735. The van der Waals surface area contributed by atoms with E-state index in [0.717, 1.165) is 56.9 Å². The molecule has 0 radical (unpaired) electrons.